The molecular formula is C19H26ClN3O. The molecule has 0 bridgehead atoms. The molecule has 2 saturated heterocycles. The Morgan fingerprint density at radius 2 is 2.04 bits per heavy atom. The third-order valence-corrected chi connectivity index (χ3v) is 6.46. The van der Waals surface area contributed by atoms with Gasteiger partial charge < -0.3 is 4.90 Å². The molecule has 4 nitrogen and oxygen atoms in total. The molecule has 3 aliphatic rings. The second-order valence-electron chi connectivity index (χ2n) is 7.81. The Balaban J connectivity index is 1.44. The number of amides is 1. The summed E-state index contributed by atoms with van der Waals surface area (Å²) in [6, 6.07) is 2.00. The number of halogens is 1. The smallest absolute Gasteiger partial charge is 0.226 e. The Morgan fingerprint density at radius 3 is 2.83 bits per heavy atom. The predicted molar refractivity (Wildman–Crippen MR) is 94.7 cm³/mol. The Kier molecular flexibility index (Phi) is 4.52. The molecule has 1 aromatic rings. The summed E-state index contributed by atoms with van der Waals surface area (Å²) in [5, 5.41) is 0.698. The van der Waals surface area contributed by atoms with Gasteiger partial charge in [-0.05, 0) is 55.7 Å². The molecule has 1 aliphatic carbocycles. The van der Waals surface area contributed by atoms with Gasteiger partial charge in [0.05, 0.1) is 5.02 Å². The van der Waals surface area contributed by atoms with Crippen LogP contribution in [-0.2, 0) is 11.3 Å². The fourth-order valence-corrected chi connectivity index (χ4v) is 5.29. The SMILES string of the molecule is O=C([C@H]1CCC[C@]12CCN(Cc1cncc(Cl)c1)C2)N1CCCC1. The van der Waals surface area contributed by atoms with Gasteiger partial charge in [0.15, 0.2) is 0 Å². The number of aromatic nitrogens is 1. The lowest BCUT2D eigenvalue weighted by Crippen LogP contribution is -2.42. The molecule has 5 heteroatoms. The minimum atomic E-state index is 0.214. The van der Waals surface area contributed by atoms with Crippen LogP contribution in [0.25, 0.3) is 0 Å². The summed E-state index contributed by atoms with van der Waals surface area (Å²) in [5.41, 5.74) is 1.38. The van der Waals surface area contributed by atoms with E-state index in [0.29, 0.717) is 10.9 Å². The van der Waals surface area contributed by atoms with Crippen LogP contribution in [0.3, 0.4) is 0 Å². The molecule has 1 saturated carbocycles. The van der Waals surface area contributed by atoms with Crippen LogP contribution in [0.2, 0.25) is 5.02 Å². The zero-order valence-electron chi connectivity index (χ0n) is 14.2. The highest BCUT2D eigenvalue weighted by molar-refractivity contribution is 6.30. The van der Waals surface area contributed by atoms with E-state index >= 15 is 0 Å². The molecular weight excluding hydrogens is 322 g/mol. The summed E-state index contributed by atoms with van der Waals surface area (Å²) < 4.78 is 0. The molecule has 1 amide bonds. The van der Waals surface area contributed by atoms with Gasteiger partial charge in [-0.1, -0.05) is 18.0 Å². The van der Waals surface area contributed by atoms with Gasteiger partial charge in [0, 0.05) is 44.5 Å². The summed E-state index contributed by atoms with van der Waals surface area (Å²) >= 11 is 6.06. The van der Waals surface area contributed by atoms with Crippen molar-refractivity contribution in [3.8, 4) is 0 Å². The van der Waals surface area contributed by atoms with Gasteiger partial charge in [-0.2, -0.15) is 0 Å². The molecule has 0 N–H and O–H groups in total. The topological polar surface area (TPSA) is 36.4 Å². The summed E-state index contributed by atoms with van der Waals surface area (Å²) in [6.07, 6.45) is 10.6. The highest BCUT2D eigenvalue weighted by Crippen LogP contribution is 2.50. The first-order chi connectivity index (χ1) is 11.7. The van der Waals surface area contributed by atoms with Crippen molar-refractivity contribution in [1.29, 1.82) is 0 Å². The lowest BCUT2D eigenvalue weighted by Gasteiger charge is -2.33. The number of rotatable bonds is 3. The third-order valence-electron chi connectivity index (χ3n) is 6.25. The molecule has 3 fully saturated rings. The quantitative estimate of drug-likeness (QED) is 0.841. The lowest BCUT2D eigenvalue weighted by molar-refractivity contribution is -0.137. The predicted octanol–water partition coefficient (Wildman–Crippen LogP) is 3.35. The lowest BCUT2D eigenvalue weighted by atomic mass is 9.76. The largest absolute Gasteiger partial charge is 0.342 e. The fraction of sp³-hybridized carbons (Fsp3) is 0.684. The maximum absolute atomic E-state index is 13.0. The minimum Gasteiger partial charge on any atom is -0.342 e. The molecule has 24 heavy (non-hydrogen) atoms. The standard InChI is InChI=1S/C19H26ClN3O/c20-16-10-15(11-21-12-16)13-22-9-6-19(14-22)5-3-4-17(19)18(24)23-7-1-2-8-23/h10-12,17H,1-9,13-14H2/t17-,19-/m1/s1. The van der Waals surface area contributed by atoms with E-state index in [-0.39, 0.29) is 11.3 Å². The van der Waals surface area contributed by atoms with Crippen molar-refractivity contribution < 1.29 is 4.79 Å². The van der Waals surface area contributed by atoms with Crippen molar-refractivity contribution in [3.05, 3.63) is 29.0 Å². The zero-order valence-corrected chi connectivity index (χ0v) is 15.0. The van der Waals surface area contributed by atoms with E-state index in [9.17, 15) is 4.79 Å². The van der Waals surface area contributed by atoms with Crippen molar-refractivity contribution in [2.24, 2.45) is 11.3 Å². The Bertz CT molecular complexity index is 616. The van der Waals surface area contributed by atoms with Gasteiger partial charge in [-0.25, -0.2) is 0 Å². The molecule has 4 rings (SSSR count). The number of hydrogen-bond acceptors (Lipinski definition) is 3. The van der Waals surface area contributed by atoms with Crippen LogP contribution in [0.4, 0.5) is 0 Å². The highest BCUT2D eigenvalue weighted by atomic mass is 35.5. The van der Waals surface area contributed by atoms with E-state index in [1.165, 1.54) is 31.2 Å². The second kappa shape index (κ2) is 6.64. The number of nitrogens with zero attached hydrogens (tertiary/aromatic N) is 3. The Morgan fingerprint density at radius 1 is 1.21 bits per heavy atom. The van der Waals surface area contributed by atoms with Gasteiger partial charge in [0.1, 0.15) is 0 Å². The van der Waals surface area contributed by atoms with Crippen molar-refractivity contribution in [2.45, 2.75) is 45.1 Å². The van der Waals surface area contributed by atoms with E-state index in [4.69, 9.17) is 11.6 Å². The van der Waals surface area contributed by atoms with Crippen LogP contribution in [-0.4, -0.2) is 46.9 Å². The Labute approximate surface area is 149 Å². The first-order valence-corrected chi connectivity index (χ1v) is 9.65. The fourth-order valence-electron chi connectivity index (χ4n) is 5.09. The van der Waals surface area contributed by atoms with Crippen LogP contribution in [0.15, 0.2) is 18.5 Å². The molecule has 0 aromatic carbocycles. The number of carbonyl (C=O) groups excluding carboxylic acids is 1. The summed E-state index contributed by atoms with van der Waals surface area (Å²) in [6.45, 7) is 4.96. The molecule has 1 aromatic heterocycles. The first-order valence-electron chi connectivity index (χ1n) is 9.27. The highest BCUT2D eigenvalue weighted by Gasteiger charge is 2.51. The zero-order chi connectivity index (χ0) is 16.6. The van der Waals surface area contributed by atoms with Crippen LogP contribution in [0.1, 0.15) is 44.1 Å². The van der Waals surface area contributed by atoms with E-state index in [1.54, 1.807) is 6.20 Å². The second-order valence-corrected chi connectivity index (χ2v) is 8.25. The maximum Gasteiger partial charge on any atom is 0.226 e. The van der Waals surface area contributed by atoms with Crippen LogP contribution in [0, 0.1) is 11.3 Å². The molecule has 130 valence electrons. The Hall–Kier alpha value is -1.13. The number of hydrogen-bond donors (Lipinski definition) is 0. The van der Waals surface area contributed by atoms with Gasteiger partial charge in [-0.3, -0.25) is 14.7 Å². The average molecular weight is 348 g/mol. The van der Waals surface area contributed by atoms with E-state index < -0.39 is 0 Å². The normalized spacial score (nSPS) is 30.5. The van der Waals surface area contributed by atoms with Gasteiger partial charge >= 0.3 is 0 Å². The molecule has 2 aliphatic heterocycles. The minimum absolute atomic E-state index is 0.214. The monoisotopic (exact) mass is 347 g/mol. The van der Waals surface area contributed by atoms with Crippen molar-refractivity contribution in [3.63, 3.8) is 0 Å². The van der Waals surface area contributed by atoms with Crippen molar-refractivity contribution >= 4 is 17.5 Å². The number of likely N-dealkylation sites (tertiary alicyclic amines) is 2. The van der Waals surface area contributed by atoms with Gasteiger partial charge in [-0.15, -0.1) is 0 Å². The first kappa shape index (κ1) is 16.3. The maximum atomic E-state index is 13.0. The summed E-state index contributed by atoms with van der Waals surface area (Å²) in [7, 11) is 0. The number of pyridine rings is 1. The van der Waals surface area contributed by atoms with Gasteiger partial charge in [0.2, 0.25) is 5.91 Å². The molecule has 3 heterocycles. The average Bonchev–Trinajstić information content (AvgIpc) is 3.30. The summed E-state index contributed by atoms with van der Waals surface area (Å²) in [4.78, 5) is 21.8. The van der Waals surface area contributed by atoms with E-state index in [0.717, 1.165) is 45.6 Å². The molecule has 1 spiro atoms. The molecule has 0 radical (unpaired) electrons. The van der Waals surface area contributed by atoms with Crippen molar-refractivity contribution in [1.82, 2.24) is 14.8 Å². The molecule has 2 atom stereocenters. The van der Waals surface area contributed by atoms with Crippen LogP contribution in [0.5, 0.6) is 0 Å². The van der Waals surface area contributed by atoms with Gasteiger partial charge in [0.25, 0.3) is 0 Å². The summed E-state index contributed by atoms with van der Waals surface area (Å²) in [5.74, 6) is 0.689. The van der Waals surface area contributed by atoms with Crippen molar-refractivity contribution in [2.75, 3.05) is 26.2 Å². The molecule has 0 unspecified atom stereocenters. The van der Waals surface area contributed by atoms with Crippen LogP contribution >= 0.6 is 11.6 Å². The number of carbonyl (C=O) groups is 1. The van der Waals surface area contributed by atoms with E-state index in [1.807, 2.05) is 12.3 Å². The van der Waals surface area contributed by atoms with E-state index in [2.05, 4.69) is 14.8 Å². The third kappa shape index (κ3) is 3.06. The van der Waals surface area contributed by atoms with Crippen LogP contribution < -0.4 is 0 Å².